The van der Waals surface area contributed by atoms with Crippen molar-refractivity contribution in [2.45, 2.75) is 37.1 Å². The Labute approximate surface area is 131 Å². The van der Waals surface area contributed by atoms with E-state index in [1.807, 2.05) is 7.05 Å². The van der Waals surface area contributed by atoms with Gasteiger partial charge in [0.15, 0.2) is 0 Å². The van der Waals surface area contributed by atoms with Gasteiger partial charge in [0.1, 0.15) is 11.4 Å². The molecule has 9 heteroatoms. The van der Waals surface area contributed by atoms with Crippen LogP contribution in [0.5, 0.6) is 0 Å². The first-order valence-electron chi connectivity index (χ1n) is 7.40. The number of nitrogens with one attached hydrogen (secondary N) is 2. The van der Waals surface area contributed by atoms with Crippen LogP contribution in [-0.4, -0.2) is 29.2 Å². The predicted molar refractivity (Wildman–Crippen MR) is 79.4 cm³/mol. The van der Waals surface area contributed by atoms with Crippen LogP contribution in [-0.2, 0) is 12.8 Å². The first kappa shape index (κ1) is 15.9. The van der Waals surface area contributed by atoms with E-state index in [4.69, 9.17) is 5.73 Å². The van der Waals surface area contributed by atoms with E-state index >= 15 is 0 Å². The first-order valence-corrected chi connectivity index (χ1v) is 7.40. The smallest absolute Gasteiger partial charge is 0.374 e. The van der Waals surface area contributed by atoms with E-state index in [0.717, 1.165) is 31.2 Å². The number of aryl methyl sites for hydroxylation is 1. The number of aromatic nitrogens is 2. The maximum Gasteiger partial charge on any atom is 0.421 e. The lowest BCUT2D eigenvalue weighted by molar-refractivity contribution is -0.0875. The van der Waals surface area contributed by atoms with Crippen LogP contribution >= 0.6 is 0 Å². The molecule has 0 amide bonds. The van der Waals surface area contributed by atoms with Gasteiger partial charge in [0.05, 0.1) is 17.5 Å². The average molecular weight is 328 g/mol. The Morgan fingerprint density at radius 3 is 2.65 bits per heavy atom. The zero-order valence-electron chi connectivity index (χ0n) is 12.9. The molecule has 0 bridgehead atoms. The van der Waals surface area contributed by atoms with Gasteiger partial charge in [-0.3, -0.25) is 10.4 Å². The lowest BCUT2D eigenvalue weighted by Crippen LogP contribution is -2.54. The maximum absolute atomic E-state index is 13.0. The summed E-state index contributed by atoms with van der Waals surface area (Å²) in [5.74, 6) is -1.34. The zero-order valence-corrected chi connectivity index (χ0v) is 12.9. The molecule has 0 saturated heterocycles. The third kappa shape index (κ3) is 2.58. The number of hydrogen-bond donors (Lipinski definition) is 3. The van der Waals surface area contributed by atoms with Gasteiger partial charge in [0.25, 0.3) is 0 Å². The minimum Gasteiger partial charge on any atom is -0.374 e. The number of nitrogens with two attached hydrogens (primary N) is 1. The standard InChI is InChI=1S/C14H19F3N6/c1-19-12-10(13(15,16)17)6-20-14(18,22-12)9-7-21-23(2)11(9)8-4-3-5-8/h6-8,19,22H,3-5,18H2,1-2H3. The van der Waals surface area contributed by atoms with Crippen LogP contribution in [0.2, 0.25) is 0 Å². The summed E-state index contributed by atoms with van der Waals surface area (Å²) in [7, 11) is 3.22. The highest BCUT2D eigenvalue weighted by atomic mass is 19.4. The maximum atomic E-state index is 13.0. The molecule has 2 aliphatic rings. The number of allylic oxidation sites excluding steroid dienone is 1. The lowest BCUT2D eigenvalue weighted by Gasteiger charge is -2.35. The van der Waals surface area contributed by atoms with Crippen molar-refractivity contribution in [1.82, 2.24) is 20.4 Å². The molecule has 1 saturated carbocycles. The number of nitrogens with zero attached hydrogens (tertiary/aromatic N) is 3. The Kier molecular flexibility index (Phi) is 3.62. The van der Waals surface area contributed by atoms with Crippen LogP contribution in [0.3, 0.4) is 0 Å². The fraction of sp³-hybridized carbons (Fsp3) is 0.571. The van der Waals surface area contributed by atoms with E-state index in [2.05, 4.69) is 20.7 Å². The quantitative estimate of drug-likeness (QED) is 0.784. The molecule has 2 heterocycles. The second-order valence-corrected chi connectivity index (χ2v) is 5.88. The number of alkyl halides is 3. The van der Waals surface area contributed by atoms with E-state index in [-0.39, 0.29) is 5.82 Å². The summed E-state index contributed by atoms with van der Waals surface area (Å²) in [6.07, 6.45) is 1.01. The molecule has 126 valence electrons. The van der Waals surface area contributed by atoms with Crippen LogP contribution in [0.1, 0.15) is 36.4 Å². The summed E-state index contributed by atoms with van der Waals surface area (Å²) < 4.78 is 40.8. The molecule has 3 rings (SSSR count). The Balaban J connectivity index is 1.99. The van der Waals surface area contributed by atoms with Gasteiger partial charge in [-0.05, 0) is 12.8 Å². The molecule has 0 spiro atoms. The minimum atomic E-state index is -4.51. The molecule has 6 nitrogen and oxygen atoms in total. The van der Waals surface area contributed by atoms with Crippen molar-refractivity contribution >= 4 is 6.21 Å². The van der Waals surface area contributed by atoms with E-state index in [1.54, 1.807) is 10.9 Å². The van der Waals surface area contributed by atoms with E-state index in [0.29, 0.717) is 11.5 Å². The Bertz CT molecular complexity index is 671. The third-order valence-electron chi connectivity index (χ3n) is 4.42. The average Bonchev–Trinajstić information content (AvgIpc) is 2.78. The summed E-state index contributed by atoms with van der Waals surface area (Å²) in [6.45, 7) is 0. The van der Waals surface area contributed by atoms with Gasteiger partial charge in [0.2, 0.25) is 5.79 Å². The Morgan fingerprint density at radius 1 is 1.43 bits per heavy atom. The van der Waals surface area contributed by atoms with Crippen LogP contribution in [0.4, 0.5) is 13.2 Å². The van der Waals surface area contributed by atoms with Crippen molar-refractivity contribution in [3.8, 4) is 0 Å². The molecule has 23 heavy (non-hydrogen) atoms. The van der Waals surface area contributed by atoms with Crippen molar-refractivity contribution < 1.29 is 13.2 Å². The van der Waals surface area contributed by atoms with Crippen LogP contribution in [0.25, 0.3) is 0 Å². The minimum absolute atomic E-state index is 0.196. The highest BCUT2D eigenvalue weighted by molar-refractivity contribution is 5.82. The molecular weight excluding hydrogens is 309 g/mol. The molecular formula is C14H19F3N6. The molecule has 1 aliphatic carbocycles. The number of aliphatic imine (C=N–C) groups is 1. The molecule has 0 radical (unpaired) electrons. The summed E-state index contributed by atoms with van der Waals surface area (Å²) in [4.78, 5) is 3.96. The fourth-order valence-electron chi connectivity index (χ4n) is 2.98. The van der Waals surface area contributed by atoms with Crippen molar-refractivity contribution in [1.29, 1.82) is 0 Å². The van der Waals surface area contributed by atoms with Gasteiger partial charge in [-0.2, -0.15) is 18.3 Å². The molecule has 0 aromatic carbocycles. The van der Waals surface area contributed by atoms with Crippen LogP contribution in [0.15, 0.2) is 22.6 Å². The monoisotopic (exact) mass is 328 g/mol. The highest BCUT2D eigenvalue weighted by Crippen LogP contribution is 2.41. The zero-order chi connectivity index (χ0) is 16.8. The third-order valence-corrected chi connectivity index (χ3v) is 4.42. The summed E-state index contributed by atoms with van der Waals surface area (Å²) in [6, 6.07) is 0. The van der Waals surface area contributed by atoms with Crippen molar-refractivity contribution in [2.75, 3.05) is 7.05 Å². The van der Waals surface area contributed by atoms with Gasteiger partial charge in [-0.15, -0.1) is 0 Å². The van der Waals surface area contributed by atoms with E-state index in [1.165, 1.54) is 7.05 Å². The first-order chi connectivity index (χ1) is 10.8. The predicted octanol–water partition coefficient (Wildman–Crippen LogP) is 1.42. The fourth-order valence-corrected chi connectivity index (χ4v) is 2.98. The molecule has 1 aliphatic heterocycles. The highest BCUT2D eigenvalue weighted by Gasteiger charge is 2.43. The van der Waals surface area contributed by atoms with Gasteiger partial charge >= 0.3 is 6.18 Å². The Hall–Kier alpha value is -2.03. The number of hydrogen-bond acceptors (Lipinski definition) is 5. The van der Waals surface area contributed by atoms with E-state index < -0.39 is 17.5 Å². The molecule has 1 fully saturated rings. The molecule has 1 aromatic rings. The summed E-state index contributed by atoms with van der Waals surface area (Å²) in [5.41, 5.74) is 6.93. The molecule has 1 unspecified atom stereocenters. The summed E-state index contributed by atoms with van der Waals surface area (Å²) in [5, 5.41) is 9.43. The van der Waals surface area contributed by atoms with Gasteiger partial charge in [-0.25, -0.2) is 4.99 Å². The van der Waals surface area contributed by atoms with E-state index in [9.17, 15) is 13.2 Å². The van der Waals surface area contributed by atoms with Crippen LogP contribution < -0.4 is 16.4 Å². The van der Waals surface area contributed by atoms with Gasteiger partial charge < -0.3 is 10.6 Å². The normalized spacial score (nSPS) is 25.3. The van der Waals surface area contributed by atoms with Crippen LogP contribution in [0, 0.1) is 0 Å². The summed E-state index contributed by atoms with van der Waals surface area (Å²) >= 11 is 0. The van der Waals surface area contributed by atoms with Crippen molar-refractivity contribution in [3.05, 3.63) is 28.8 Å². The molecule has 1 aromatic heterocycles. The Morgan fingerprint density at radius 2 is 2.13 bits per heavy atom. The van der Waals surface area contributed by atoms with Gasteiger partial charge in [0, 0.05) is 26.2 Å². The number of halogens is 3. The van der Waals surface area contributed by atoms with Crippen molar-refractivity contribution in [3.63, 3.8) is 0 Å². The van der Waals surface area contributed by atoms with Gasteiger partial charge in [-0.1, -0.05) is 6.42 Å². The second kappa shape index (κ2) is 5.26. The molecule has 4 N–H and O–H groups in total. The van der Waals surface area contributed by atoms with Crippen molar-refractivity contribution in [2.24, 2.45) is 17.8 Å². The largest absolute Gasteiger partial charge is 0.421 e. The SMILES string of the molecule is CNC1=C(C(F)(F)F)C=NC(N)(c2cnn(C)c2C2CCC2)N1. The lowest BCUT2D eigenvalue weighted by atomic mass is 9.80. The second-order valence-electron chi connectivity index (χ2n) is 5.88. The number of rotatable bonds is 3. The topological polar surface area (TPSA) is 80.3 Å². The molecule has 1 atom stereocenters.